The van der Waals surface area contributed by atoms with E-state index in [4.69, 9.17) is 4.74 Å². The Morgan fingerprint density at radius 1 is 1.18 bits per heavy atom. The summed E-state index contributed by atoms with van der Waals surface area (Å²) in [6, 6.07) is 0. The third-order valence-corrected chi connectivity index (χ3v) is 7.81. The molecule has 0 atom stereocenters. The number of nitrogens with one attached hydrogen (secondary N) is 1. The highest BCUT2D eigenvalue weighted by molar-refractivity contribution is 14.0. The van der Waals surface area contributed by atoms with Crippen LogP contribution in [0.4, 0.5) is 0 Å². The van der Waals surface area contributed by atoms with Crippen LogP contribution in [0.3, 0.4) is 0 Å². The predicted octanol–water partition coefficient (Wildman–Crippen LogP) is 2.52. The quantitative estimate of drug-likeness (QED) is 0.297. The smallest absolute Gasteiger partial charge is 0.216 e. The Bertz CT molecular complexity index is 584. The third-order valence-electron chi connectivity index (χ3n) is 5.97. The van der Waals surface area contributed by atoms with Crippen LogP contribution in [-0.2, 0) is 14.8 Å². The fourth-order valence-electron chi connectivity index (χ4n) is 4.08. The van der Waals surface area contributed by atoms with Crippen molar-refractivity contribution in [3.63, 3.8) is 0 Å². The molecule has 0 bridgehead atoms. The van der Waals surface area contributed by atoms with Crippen molar-refractivity contribution in [3.8, 4) is 0 Å². The number of ether oxygens (including phenoxy) is 1. The summed E-state index contributed by atoms with van der Waals surface area (Å²) in [5.41, 5.74) is 0.400. The number of hydrogen-bond acceptors (Lipinski definition) is 4. The van der Waals surface area contributed by atoms with Gasteiger partial charge in [0.15, 0.2) is 5.96 Å². The van der Waals surface area contributed by atoms with Gasteiger partial charge in [0.1, 0.15) is 0 Å². The van der Waals surface area contributed by atoms with Crippen LogP contribution in [0.2, 0.25) is 0 Å². The molecule has 7 nitrogen and oxygen atoms in total. The third kappa shape index (κ3) is 7.28. The maximum Gasteiger partial charge on any atom is 0.216 e. The Hall–Kier alpha value is -0.130. The van der Waals surface area contributed by atoms with E-state index in [1.54, 1.807) is 4.31 Å². The van der Waals surface area contributed by atoms with E-state index in [0.29, 0.717) is 31.6 Å². The molecule has 2 rings (SSSR count). The number of nitrogens with zero attached hydrogens (tertiary/aromatic N) is 3. The van der Waals surface area contributed by atoms with Gasteiger partial charge in [0, 0.05) is 39.8 Å². The topological polar surface area (TPSA) is 74.2 Å². The minimum absolute atomic E-state index is 0. The second-order valence-electron chi connectivity index (χ2n) is 8.08. The molecule has 1 heterocycles. The van der Waals surface area contributed by atoms with Crippen LogP contribution >= 0.6 is 24.0 Å². The van der Waals surface area contributed by atoms with Gasteiger partial charge in [-0.2, -0.15) is 4.31 Å². The largest absolute Gasteiger partial charge is 0.378 e. The lowest BCUT2D eigenvalue weighted by molar-refractivity contribution is 0.0904. The van der Waals surface area contributed by atoms with Crippen LogP contribution in [0, 0.1) is 5.41 Å². The van der Waals surface area contributed by atoms with Gasteiger partial charge in [0.2, 0.25) is 10.0 Å². The molecule has 1 aliphatic heterocycles. The molecular weight excluding hydrogens is 491 g/mol. The number of halogens is 1. The number of sulfonamides is 1. The van der Waals surface area contributed by atoms with Crippen molar-refractivity contribution in [1.82, 2.24) is 14.5 Å². The molecule has 0 amide bonds. The average Bonchev–Trinajstić information content (AvgIpc) is 3.11. The second-order valence-corrected chi connectivity index (χ2v) is 10.2. The molecule has 2 aliphatic rings. The lowest BCUT2D eigenvalue weighted by atomic mass is 9.83. The fraction of sp³-hybridized carbons (Fsp3) is 0.947. The Kier molecular flexibility index (Phi) is 11.0. The first-order chi connectivity index (χ1) is 12.8. The molecule has 1 saturated carbocycles. The zero-order valence-electron chi connectivity index (χ0n) is 17.9. The van der Waals surface area contributed by atoms with E-state index in [0.717, 1.165) is 12.5 Å². The SMILES string of the molecule is CCC1(CNC(=NC)N2CCN(S(=O)(=O)CCOC(C)C)CC2)CCCC1.I. The highest BCUT2D eigenvalue weighted by atomic mass is 127. The first-order valence-electron chi connectivity index (χ1n) is 10.4. The van der Waals surface area contributed by atoms with Gasteiger partial charge in [-0.15, -0.1) is 24.0 Å². The van der Waals surface area contributed by atoms with Crippen LogP contribution in [-0.4, -0.2) is 81.8 Å². The number of rotatable bonds is 8. The summed E-state index contributed by atoms with van der Waals surface area (Å²) in [4.78, 5) is 6.61. The van der Waals surface area contributed by atoms with E-state index in [1.807, 2.05) is 20.9 Å². The van der Waals surface area contributed by atoms with Gasteiger partial charge in [0.05, 0.1) is 18.5 Å². The van der Waals surface area contributed by atoms with Crippen LogP contribution in [0.1, 0.15) is 52.9 Å². The number of guanidine groups is 1. The van der Waals surface area contributed by atoms with Gasteiger partial charge < -0.3 is 15.0 Å². The Morgan fingerprint density at radius 3 is 2.29 bits per heavy atom. The van der Waals surface area contributed by atoms with Crippen molar-refractivity contribution in [2.45, 2.75) is 59.0 Å². The summed E-state index contributed by atoms with van der Waals surface area (Å²) in [6.45, 7) is 9.67. The molecule has 28 heavy (non-hydrogen) atoms. The van der Waals surface area contributed by atoms with Crippen LogP contribution in [0.15, 0.2) is 4.99 Å². The summed E-state index contributed by atoms with van der Waals surface area (Å²) < 4.78 is 31.9. The van der Waals surface area contributed by atoms with Crippen molar-refractivity contribution in [1.29, 1.82) is 0 Å². The summed E-state index contributed by atoms with van der Waals surface area (Å²) in [7, 11) is -1.45. The molecule has 0 radical (unpaired) electrons. The van der Waals surface area contributed by atoms with Gasteiger partial charge >= 0.3 is 0 Å². The normalized spacial score (nSPS) is 21.0. The molecule has 0 aromatic carbocycles. The summed E-state index contributed by atoms with van der Waals surface area (Å²) in [5, 5.41) is 3.56. The van der Waals surface area contributed by atoms with Crippen molar-refractivity contribution in [3.05, 3.63) is 0 Å². The van der Waals surface area contributed by atoms with Crippen molar-refractivity contribution >= 4 is 40.0 Å². The Labute approximate surface area is 188 Å². The summed E-state index contributed by atoms with van der Waals surface area (Å²) >= 11 is 0. The minimum atomic E-state index is -3.25. The molecule has 1 aliphatic carbocycles. The first kappa shape index (κ1) is 25.9. The molecule has 0 aromatic rings. The molecule has 1 N–H and O–H groups in total. The van der Waals surface area contributed by atoms with E-state index in [-0.39, 0.29) is 42.4 Å². The zero-order chi connectivity index (χ0) is 19.9. The van der Waals surface area contributed by atoms with Crippen molar-refractivity contribution < 1.29 is 13.2 Å². The van der Waals surface area contributed by atoms with E-state index >= 15 is 0 Å². The van der Waals surface area contributed by atoms with Crippen molar-refractivity contribution in [2.75, 3.05) is 52.1 Å². The van der Waals surface area contributed by atoms with Crippen LogP contribution in [0.5, 0.6) is 0 Å². The fourth-order valence-corrected chi connectivity index (χ4v) is 5.36. The molecule has 0 aromatic heterocycles. The van der Waals surface area contributed by atoms with E-state index in [9.17, 15) is 8.42 Å². The lowest BCUT2D eigenvalue weighted by Crippen LogP contribution is -2.55. The maximum atomic E-state index is 12.5. The molecule has 1 saturated heterocycles. The van der Waals surface area contributed by atoms with Gasteiger partial charge in [-0.05, 0) is 38.5 Å². The summed E-state index contributed by atoms with van der Waals surface area (Å²) in [6.07, 6.45) is 6.48. The van der Waals surface area contributed by atoms with E-state index < -0.39 is 10.0 Å². The standard InChI is InChI=1S/C19H38N4O3S.HI/c1-5-19(8-6-7-9-19)16-21-18(20-4)22-10-12-23(13-11-22)27(24,25)15-14-26-17(2)3;/h17H,5-16H2,1-4H3,(H,20,21);1H. The average molecular weight is 531 g/mol. The van der Waals surface area contributed by atoms with E-state index in [1.165, 1.54) is 32.1 Å². The lowest BCUT2D eigenvalue weighted by Gasteiger charge is -2.37. The zero-order valence-corrected chi connectivity index (χ0v) is 21.1. The second kappa shape index (κ2) is 11.9. The predicted molar refractivity (Wildman–Crippen MR) is 126 cm³/mol. The molecule has 0 unspecified atom stereocenters. The monoisotopic (exact) mass is 530 g/mol. The molecule has 9 heteroatoms. The number of hydrogen-bond donors (Lipinski definition) is 1. The minimum Gasteiger partial charge on any atom is -0.378 e. The highest BCUT2D eigenvalue weighted by Gasteiger charge is 2.33. The first-order valence-corrected chi connectivity index (χ1v) is 12.0. The number of piperazine rings is 1. The summed E-state index contributed by atoms with van der Waals surface area (Å²) in [5.74, 6) is 0.951. The van der Waals surface area contributed by atoms with Gasteiger partial charge in [-0.25, -0.2) is 8.42 Å². The molecule has 0 spiro atoms. The molecule has 2 fully saturated rings. The van der Waals surface area contributed by atoms with Crippen molar-refractivity contribution in [2.24, 2.45) is 10.4 Å². The maximum absolute atomic E-state index is 12.5. The Morgan fingerprint density at radius 2 is 1.79 bits per heavy atom. The molecule has 166 valence electrons. The van der Waals surface area contributed by atoms with Gasteiger partial charge in [-0.3, -0.25) is 4.99 Å². The molecular formula is C19H39IN4O3S. The van der Waals surface area contributed by atoms with Crippen LogP contribution in [0.25, 0.3) is 0 Å². The van der Waals surface area contributed by atoms with Gasteiger partial charge in [-0.1, -0.05) is 19.8 Å². The van der Waals surface area contributed by atoms with E-state index in [2.05, 4.69) is 22.1 Å². The van der Waals surface area contributed by atoms with Crippen LogP contribution < -0.4 is 5.32 Å². The number of aliphatic imine (C=N–C) groups is 1. The Balaban J connectivity index is 0.00000392. The highest BCUT2D eigenvalue weighted by Crippen LogP contribution is 2.40. The van der Waals surface area contributed by atoms with Gasteiger partial charge in [0.25, 0.3) is 0 Å².